The molecular weight excluding hydrogens is 450 g/mol. The van der Waals surface area contributed by atoms with E-state index < -0.39 is 17.0 Å². The summed E-state index contributed by atoms with van der Waals surface area (Å²) in [6.07, 6.45) is 3.48. The van der Waals surface area contributed by atoms with Gasteiger partial charge in [-0.2, -0.15) is 0 Å². The molecule has 0 bridgehead atoms. The number of rotatable bonds is 8. The molecule has 0 aliphatic rings. The predicted octanol–water partition coefficient (Wildman–Crippen LogP) is 3.13. The van der Waals surface area contributed by atoms with Gasteiger partial charge < -0.3 is 5.73 Å². The number of carbonyl (C=O) groups excluding carboxylic acids is 1. The second-order valence-electron chi connectivity index (χ2n) is 7.79. The topological polar surface area (TPSA) is 105 Å². The van der Waals surface area contributed by atoms with Crippen LogP contribution in [0.1, 0.15) is 28.4 Å². The van der Waals surface area contributed by atoms with Gasteiger partial charge in [-0.3, -0.25) is 23.3 Å². The number of anilines is 1. The molecule has 2 N–H and O–H groups in total. The molecular formula is C25H25N5O3S. The lowest BCUT2D eigenvalue weighted by Crippen LogP contribution is -2.44. The van der Waals surface area contributed by atoms with Crippen LogP contribution >= 0.6 is 11.8 Å². The lowest BCUT2D eigenvalue weighted by molar-refractivity contribution is 0.102. The molecule has 2 aromatic heterocycles. The van der Waals surface area contributed by atoms with Gasteiger partial charge in [-0.15, -0.1) is 0 Å². The zero-order chi connectivity index (χ0) is 24.2. The quantitative estimate of drug-likeness (QED) is 0.310. The Morgan fingerprint density at radius 3 is 2.53 bits per heavy atom. The number of hydrogen-bond donors (Lipinski definition) is 1. The van der Waals surface area contributed by atoms with Gasteiger partial charge in [0.1, 0.15) is 11.4 Å². The Balaban J connectivity index is 1.65. The maximum atomic E-state index is 13.2. The van der Waals surface area contributed by atoms with Crippen LogP contribution in [0.3, 0.4) is 0 Å². The van der Waals surface area contributed by atoms with E-state index in [1.54, 1.807) is 13.1 Å². The van der Waals surface area contributed by atoms with Gasteiger partial charge >= 0.3 is 5.69 Å². The molecule has 2 heterocycles. The van der Waals surface area contributed by atoms with E-state index in [0.717, 1.165) is 21.4 Å². The van der Waals surface area contributed by atoms with Crippen LogP contribution in [0.15, 0.2) is 81.7 Å². The van der Waals surface area contributed by atoms with Crippen LogP contribution in [-0.2, 0) is 13.1 Å². The van der Waals surface area contributed by atoms with Crippen molar-refractivity contribution >= 4 is 23.4 Å². The number of ketones is 1. The molecule has 0 atom stereocenters. The first-order valence-corrected chi connectivity index (χ1v) is 11.8. The van der Waals surface area contributed by atoms with Crippen molar-refractivity contribution in [3.8, 4) is 5.69 Å². The SMILES string of the molecule is CCn1c(=O)c(C(=O)CSc2nccn2-c2cccc(C)c2)c(N)n(Cc2ccccc2)c1=O. The van der Waals surface area contributed by atoms with Crippen LogP contribution in [0.5, 0.6) is 0 Å². The molecule has 0 unspecified atom stereocenters. The monoisotopic (exact) mass is 475 g/mol. The lowest BCUT2D eigenvalue weighted by atomic mass is 10.2. The maximum Gasteiger partial charge on any atom is 0.332 e. The number of nitrogens with two attached hydrogens (primary N) is 1. The zero-order valence-electron chi connectivity index (χ0n) is 19.0. The Morgan fingerprint density at radius 1 is 1.06 bits per heavy atom. The Hall–Kier alpha value is -3.85. The molecule has 0 aliphatic heterocycles. The molecule has 0 aliphatic carbocycles. The number of benzene rings is 2. The third kappa shape index (κ3) is 4.60. The second-order valence-corrected chi connectivity index (χ2v) is 8.74. The molecule has 0 spiro atoms. The second kappa shape index (κ2) is 9.96. The summed E-state index contributed by atoms with van der Waals surface area (Å²) < 4.78 is 4.21. The Kier molecular flexibility index (Phi) is 6.83. The van der Waals surface area contributed by atoms with Gasteiger partial charge in [-0.05, 0) is 37.1 Å². The Bertz CT molecular complexity index is 1450. The number of hydrogen-bond acceptors (Lipinski definition) is 6. The minimum absolute atomic E-state index is 0.0461. The standard InChI is InChI=1S/C25H25N5O3S/c1-3-28-23(32)21(22(26)30(25(28)33)15-18-9-5-4-6-10-18)20(31)16-34-24-27-12-13-29(24)19-11-7-8-17(2)14-19/h4-14H,3,15-16,26H2,1-2H3. The molecule has 0 amide bonds. The van der Waals surface area contributed by atoms with Gasteiger partial charge in [0.15, 0.2) is 10.9 Å². The minimum atomic E-state index is -0.665. The first kappa shape index (κ1) is 23.3. The van der Waals surface area contributed by atoms with Gasteiger partial charge in [0.2, 0.25) is 0 Å². The van der Waals surface area contributed by atoms with Crippen molar-refractivity contribution < 1.29 is 4.79 Å². The number of aromatic nitrogens is 4. The molecule has 0 fully saturated rings. The van der Waals surface area contributed by atoms with Crippen LogP contribution in [0.2, 0.25) is 0 Å². The summed E-state index contributed by atoms with van der Waals surface area (Å²) in [5, 5.41) is 0.617. The molecule has 0 radical (unpaired) electrons. The van der Waals surface area contributed by atoms with Gasteiger partial charge in [-0.25, -0.2) is 9.78 Å². The van der Waals surface area contributed by atoms with E-state index in [-0.39, 0.29) is 30.2 Å². The lowest BCUT2D eigenvalue weighted by Gasteiger charge is -2.16. The molecule has 174 valence electrons. The number of imidazole rings is 1. The normalized spacial score (nSPS) is 11.0. The van der Waals surface area contributed by atoms with Crippen molar-refractivity contribution in [1.29, 1.82) is 0 Å². The zero-order valence-corrected chi connectivity index (χ0v) is 19.8. The molecule has 4 rings (SSSR count). The fraction of sp³-hybridized carbons (Fsp3) is 0.200. The summed E-state index contributed by atoms with van der Waals surface area (Å²) in [4.78, 5) is 43.5. The van der Waals surface area contributed by atoms with E-state index in [9.17, 15) is 14.4 Å². The fourth-order valence-electron chi connectivity index (χ4n) is 3.75. The maximum absolute atomic E-state index is 13.2. The first-order valence-electron chi connectivity index (χ1n) is 10.8. The summed E-state index contributed by atoms with van der Waals surface area (Å²) in [5.41, 5.74) is 7.75. The molecule has 2 aromatic carbocycles. The largest absolute Gasteiger partial charge is 0.384 e. The first-order chi connectivity index (χ1) is 16.4. The Labute approximate surface area is 200 Å². The van der Waals surface area contributed by atoms with E-state index in [1.165, 1.54) is 16.3 Å². The van der Waals surface area contributed by atoms with Crippen LogP contribution in [0.4, 0.5) is 5.82 Å². The van der Waals surface area contributed by atoms with E-state index in [4.69, 9.17) is 5.73 Å². The number of nitrogens with zero attached hydrogens (tertiary/aromatic N) is 4. The molecule has 0 saturated heterocycles. The summed E-state index contributed by atoms with van der Waals surface area (Å²) in [7, 11) is 0. The smallest absolute Gasteiger partial charge is 0.332 e. The molecule has 34 heavy (non-hydrogen) atoms. The van der Waals surface area contributed by atoms with Gasteiger partial charge in [-0.1, -0.05) is 54.2 Å². The van der Waals surface area contributed by atoms with Crippen molar-refractivity contribution in [2.24, 2.45) is 0 Å². The minimum Gasteiger partial charge on any atom is -0.384 e. The van der Waals surface area contributed by atoms with E-state index in [1.807, 2.05) is 72.3 Å². The summed E-state index contributed by atoms with van der Waals surface area (Å²) >= 11 is 1.21. The van der Waals surface area contributed by atoms with E-state index in [0.29, 0.717) is 5.16 Å². The number of thioether (sulfide) groups is 1. The highest BCUT2D eigenvalue weighted by molar-refractivity contribution is 7.99. The molecule has 4 aromatic rings. The van der Waals surface area contributed by atoms with Crippen molar-refractivity contribution in [3.63, 3.8) is 0 Å². The van der Waals surface area contributed by atoms with Crippen LogP contribution in [0, 0.1) is 6.92 Å². The van der Waals surface area contributed by atoms with Crippen molar-refractivity contribution in [2.45, 2.75) is 32.1 Å². The third-order valence-electron chi connectivity index (χ3n) is 5.47. The average molecular weight is 476 g/mol. The highest BCUT2D eigenvalue weighted by atomic mass is 32.2. The molecule has 9 heteroatoms. The van der Waals surface area contributed by atoms with Crippen LogP contribution in [-0.4, -0.2) is 30.2 Å². The summed E-state index contributed by atoms with van der Waals surface area (Å²) in [6, 6.07) is 17.2. The number of carbonyl (C=O) groups is 1. The third-order valence-corrected chi connectivity index (χ3v) is 6.43. The van der Waals surface area contributed by atoms with E-state index >= 15 is 0 Å². The molecule has 8 nitrogen and oxygen atoms in total. The van der Waals surface area contributed by atoms with Crippen LogP contribution in [0.25, 0.3) is 5.69 Å². The number of Topliss-reactive ketones (excluding diaryl/α,β-unsaturated/α-hetero) is 1. The molecule has 0 saturated carbocycles. The average Bonchev–Trinajstić information content (AvgIpc) is 3.30. The van der Waals surface area contributed by atoms with E-state index in [2.05, 4.69) is 4.98 Å². The fourth-order valence-corrected chi connectivity index (χ4v) is 4.59. The number of aryl methyl sites for hydroxylation is 1. The van der Waals surface area contributed by atoms with Crippen molar-refractivity contribution in [1.82, 2.24) is 18.7 Å². The van der Waals surface area contributed by atoms with Crippen molar-refractivity contribution in [2.75, 3.05) is 11.5 Å². The van der Waals surface area contributed by atoms with Crippen LogP contribution < -0.4 is 17.0 Å². The predicted molar refractivity (Wildman–Crippen MR) is 134 cm³/mol. The highest BCUT2D eigenvalue weighted by Crippen LogP contribution is 2.22. The van der Waals surface area contributed by atoms with Gasteiger partial charge in [0, 0.05) is 24.6 Å². The van der Waals surface area contributed by atoms with Crippen molar-refractivity contribution in [3.05, 3.63) is 105 Å². The summed E-state index contributed by atoms with van der Waals surface area (Å²) in [5.74, 6) is -0.610. The highest BCUT2D eigenvalue weighted by Gasteiger charge is 2.23. The summed E-state index contributed by atoms with van der Waals surface area (Å²) in [6.45, 7) is 3.99. The Morgan fingerprint density at radius 2 is 1.82 bits per heavy atom. The van der Waals surface area contributed by atoms with Gasteiger partial charge in [0.05, 0.1) is 12.3 Å². The number of nitrogen functional groups attached to an aromatic ring is 1. The van der Waals surface area contributed by atoms with Gasteiger partial charge in [0.25, 0.3) is 5.56 Å².